The highest BCUT2D eigenvalue weighted by atomic mass is 35.5. The highest BCUT2D eigenvalue weighted by Gasteiger charge is 2.09. The number of halogens is 1. The number of hydrogen-bond acceptors (Lipinski definition) is 5. The number of nitrogens with zero attached hydrogens (tertiary/aromatic N) is 4. The van der Waals surface area contributed by atoms with Crippen molar-refractivity contribution in [2.24, 2.45) is 0 Å². The Morgan fingerprint density at radius 2 is 2.00 bits per heavy atom. The van der Waals surface area contributed by atoms with Crippen molar-refractivity contribution in [3.05, 3.63) is 52.3 Å². The minimum Gasteiger partial charge on any atom is -0.367 e. The first-order valence-electron chi connectivity index (χ1n) is 6.28. The summed E-state index contributed by atoms with van der Waals surface area (Å²) in [4.78, 5) is 11.8. The molecule has 0 saturated heterocycles. The highest BCUT2D eigenvalue weighted by Crippen LogP contribution is 2.25. The van der Waals surface area contributed by atoms with Gasteiger partial charge in [0.1, 0.15) is 9.98 Å². The summed E-state index contributed by atoms with van der Waals surface area (Å²) in [7, 11) is 1.96. The van der Waals surface area contributed by atoms with Crippen LogP contribution in [0, 0.1) is 11.3 Å². The zero-order chi connectivity index (χ0) is 14.8. The molecule has 0 aliphatic heterocycles. The number of nitriles is 1. The lowest BCUT2D eigenvalue weighted by atomic mass is 10.2. The molecule has 0 amide bonds. The number of fused-ring (bicyclic) bond motifs is 1. The average molecular weight is 315 g/mol. The van der Waals surface area contributed by atoms with Gasteiger partial charge in [0.25, 0.3) is 0 Å². The highest BCUT2D eigenvalue weighted by molar-refractivity contribution is 7.16. The van der Waals surface area contributed by atoms with Crippen LogP contribution in [0.1, 0.15) is 11.4 Å². The third-order valence-electron chi connectivity index (χ3n) is 3.14. The van der Waals surface area contributed by atoms with Gasteiger partial charge in [0.2, 0.25) is 0 Å². The first-order valence-corrected chi connectivity index (χ1v) is 7.54. The third kappa shape index (κ3) is 2.82. The molecule has 21 heavy (non-hydrogen) atoms. The number of benzene rings is 1. The van der Waals surface area contributed by atoms with Crippen molar-refractivity contribution >= 4 is 38.8 Å². The fraction of sp³-hybridized carbons (Fsp3) is 0.133. The molecule has 0 bridgehead atoms. The molecule has 0 spiro atoms. The maximum atomic E-state index is 8.82. The minimum atomic E-state index is 0.490. The van der Waals surface area contributed by atoms with Gasteiger partial charge in [-0.15, -0.1) is 11.3 Å². The SMILES string of the molecule is CN(Cc1nc(Cl)c2ccsc2n1)c1ccc(C#N)cc1. The van der Waals surface area contributed by atoms with Crippen LogP contribution in [0.5, 0.6) is 0 Å². The Bertz CT molecular complexity index is 820. The van der Waals surface area contributed by atoms with Crippen molar-refractivity contribution < 1.29 is 0 Å². The van der Waals surface area contributed by atoms with Crippen LogP contribution in [0.25, 0.3) is 10.2 Å². The molecule has 0 atom stereocenters. The standard InChI is InChI=1S/C15H11ClN4S/c1-20(11-4-2-10(8-17)3-5-11)9-13-18-14(16)12-6-7-21-15(12)19-13/h2-7H,9H2,1H3. The Labute approximate surface area is 131 Å². The molecule has 0 aliphatic carbocycles. The second kappa shape index (κ2) is 5.68. The zero-order valence-corrected chi connectivity index (χ0v) is 12.8. The van der Waals surface area contributed by atoms with Crippen molar-refractivity contribution in [1.29, 1.82) is 5.26 Å². The maximum absolute atomic E-state index is 8.82. The van der Waals surface area contributed by atoms with Crippen LogP contribution in [0.2, 0.25) is 5.15 Å². The molecule has 104 valence electrons. The van der Waals surface area contributed by atoms with Gasteiger partial charge < -0.3 is 4.90 Å². The summed E-state index contributed by atoms with van der Waals surface area (Å²) in [6.07, 6.45) is 0. The summed E-state index contributed by atoms with van der Waals surface area (Å²) < 4.78 is 0. The number of anilines is 1. The predicted molar refractivity (Wildman–Crippen MR) is 85.7 cm³/mol. The monoisotopic (exact) mass is 314 g/mol. The van der Waals surface area contributed by atoms with Gasteiger partial charge >= 0.3 is 0 Å². The molecule has 0 fully saturated rings. The topological polar surface area (TPSA) is 52.8 Å². The molecule has 0 N–H and O–H groups in total. The summed E-state index contributed by atoms with van der Waals surface area (Å²) in [6, 6.07) is 11.4. The molecular weight excluding hydrogens is 304 g/mol. The Balaban J connectivity index is 1.85. The van der Waals surface area contributed by atoms with Crippen LogP contribution in [0.4, 0.5) is 5.69 Å². The van der Waals surface area contributed by atoms with Crippen molar-refractivity contribution in [2.45, 2.75) is 6.54 Å². The number of hydrogen-bond donors (Lipinski definition) is 0. The van der Waals surface area contributed by atoms with Crippen LogP contribution in [-0.4, -0.2) is 17.0 Å². The van der Waals surface area contributed by atoms with Crippen molar-refractivity contribution in [3.63, 3.8) is 0 Å². The molecule has 0 saturated carbocycles. The van der Waals surface area contributed by atoms with Gasteiger partial charge in [0.05, 0.1) is 18.2 Å². The van der Waals surface area contributed by atoms with Crippen LogP contribution >= 0.6 is 22.9 Å². The van der Waals surface area contributed by atoms with E-state index in [0.29, 0.717) is 23.1 Å². The normalized spacial score (nSPS) is 10.5. The van der Waals surface area contributed by atoms with E-state index in [2.05, 4.69) is 16.0 Å². The van der Waals surface area contributed by atoms with E-state index in [1.807, 2.05) is 35.5 Å². The summed E-state index contributed by atoms with van der Waals surface area (Å²) >= 11 is 7.73. The molecule has 0 unspecified atom stereocenters. The number of aromatic nitrogens is 2. The average Bonchev–Trinajstić information content (AvgIpc) is 2.96. The van der Waals surface area contributed by atoms with Crippen molar-refractivity contribution in [2.75, 3.05) is 11.9 Å². The molecule has 4 nitrogen and oxygen atoms in total. The molecule has 1 aromatic carbocycles. The predicted octanol–water partition coefficient (Wildman–Crippen LogP) is 3.85. The van der Waals surface area contributed by atoms with Gasteiger partial charge in [-0.2, -0.15) is 5.26 Å². The summed E-state index contributed by atoms with van der Waals surface area (Å²) in [6.45, 7) is 0.555. The third-order valence-corrected chi connectivity index (χ3v) is 4.24. The smallest absolute Gasteiger partial charge is 0.151 e. The van der Waals surface area contributed by atoms with E-state index >= 15 is 0 Å². The fourth-order valence-electron chi connectivity index (χ4n) is 2.03. The lowest BCUT2D eigenvalue weighted by molar-refractivity contribution is 0.849. The van der Waals surface area contributed by atoms with Crippen LogP contribution < -0.4 is 4.90 Å². The first kappa shape index (κ1) is 13.8. The fourth-order valence-corrected chi connectivity index (χ4v) is 3.11. The van der Waals surface area contributed by atoms with Gasteiger partial charge in [-0.05, 0) is 35.7 Å². The molecule has 6 heteroatoms. The van der Waals surface area contributed by atoms with E-state index in [-0.39, 0.29) is 0 Å². The van der Waals surface area contributed by atoms with Gasteiger partial charge in [-0.3, -0.25) is 0 Å². The lowest BCUT2D eigenvalue weighted by Gasteiger charge is -2.18. The van der Waals surface area contributed by atoms with E-state index in [1.165, 1.54) is 0 Å². The quantitative estimate of drug-likeness (QED) is 0.689. The molecule has 2 aromatic heterocycles. The molecule has 0 radical (unpaired) electrons. The number of thiophene rings is 1. The Hall–Kier alpha value is -2.16. The Kier molecular flexibility index (Phi) is 3.74. The molecule has 0 aliphatic rings. The van der Waals surface area contributed by atoms with Gasteiger partial charge in [-0.25, -0.2) is 9.97 Å². The van der Waals surface area contributed by atoms with E-state index < -0.39 is 0 Å². The summed E-state index contributed by atoms with van der Waals surface area (Å²) in [5.74, 6) is 0.682. The summed E-state index contributed by atoms with van der Waals surface area (Å²) in [5, 5.41) is 12.2. The zero-order valence-electron chi connectivity index (χ0n) is 11.2. The Morgan fingerprint density at radius 1 is 1.24 bits per heavy atom. The van der Waals surface area contributed by atoms with Crippen LogP contribution in [-0.2, 0) is 6.54 Å². The van der Waals surface area contributed by atoms with Crippen molar-refractivity contribution in [1.82, 2.24) is 9.97 Å². The molecule has 2 heterocycles. The second-order valence-electron chi connectivity index (χ2n) is 4.58. The lowest BCUT2D eigenvalue weighted by Crippen LogP contribution is -2.18. The van der Waals surface area contributed by atoms with Crippen molar-refractivity contribution in [3.8, 4) is 6.07 Å². The molecule has 3 aromatic rings. The largest absolute Gasteiger partial charge is 0.367 e. The van der Waals surface area contributed by atoms with Gasteiger partial charge in [0, 0.05) is 18.1 Å². The van der Waals surface area contributed by atoms with Gasteiger partial charge in [0.15, 0.2) is 5.82 Å². The van der Waals surface area contributed by atoms with E-state index in [4.69, 9.17) is 16.9 Å². The van der Waals surface area contributed by atoms with Gasteiger partial charge in [-0.1, -0.05) is 11.6 Å². The maximum Gasteiger partial charge on any atom is 0.151 e. The number of rotatable bonds is 3. The van der Waals surface area contributed by atoms with E-state index in [1.54, 1.807) is 23.5 Å². The van der Waals surface area contributed by atoms with Crippen LogP contribution in [0.15, 0.2) is 35.7 Å². The molecule has 3 rings (SSSR count). The van der Waals surface area contributed by atoms with E-state index in [0.717, 1.165) is 15.9 Å². The van der Waals surface area contributed by atoms with Crippen LogP contribution in [0.3, 0.4) is 0 Å². The Morgan fingerprint density at radius 3 is 2.71 bits per heavy atom. The second-order valence-corrected chi connectivity index (χ2v) is 5.84. The minimum absolute atomic E-state index is 0.490. The van der Waals surface area contributed by atoms with E-state index in [9.17, 15) is 0 Å². The molecular formula is C15H11ClN4S. The first-order chi connectivity index (χ1) is 10.2. The summed E-state index contributed by atoms with van der Waals surface area (Å²) in [5.41, 5.74) is 1.64.